The lowest BCUT2D eigenvalue weighted by Gasteiger charge is -2.26. The Morgan fingerprint density at radius 1 is 1.40 bits per heavy atom. The van der Waals surface area contributed by atoms with Gasteiger partial charge in [-0.2, -0.15) is 0 Å². The SMILES string of the molecule is CC(C)COC(=O)C1CCCN1C(C)C. The first-order chi connectivity index (χ1) is 7.02. The van der Waals surface area contributed by atoms with Gasteiger partial charge < -0.3 is 4.74 Å². The second-order valence-electron chi connectivity index (χ2n) is 5.01. The van der Waals surface area contributed by atoms with Crippen LogP contribution in [0, 0.1) is 5.92 Å². The van der Waals surface area contributed by atoms with Crippen molar-refractivity contribution in [3.05, 3.63) is 0 Å². The lowest BCUT2D eigenvalue weighted by Crippen LogP contribution is -2.41. The van der Waals surface area contributed by atoms with Crippen molar-refractivity contribution in [3.8, 4) is 0 Å². The summed E-state index contributed by atoms with van der Waals surface area (Å²) in [5, 5.41) is 0. The van der Waals surface area contributed by atoms with Crippen LogP contribution >= 0.6 is 0 Å². The van der Waals surface area contributed by atoms with E-state index < -0.39 is 0 Å². The number of carbonyl (C=O) groups is 1. The van der Waals surface area contributed by atoms with Gasteiger partial charge in [-0.25, -0.2) is 0 Å². The molecule has 0 aromatic heterocycles. The van der Waals surface area contributed by atoms with Crippen LogP contribution in [0.3, 0.4) is 0 Å². The minimum Gasteiger partial charge on any atom is -0.464 e. The van der Waals surface area contributed by atoms with Gasteiger partial charge in [-0.3, -0.25) is 9.69 Å². The molecule has 88 valence electrons. The van der Waals surface area contributed by atoms with Gasteiger partial charge in [-0.1, -0.05) is 13.8 Å². The normalized spacial score (nSPS) is 22.7. The molecule has 15 heavy (non-hydrogen) atoms. The van der Waals surface area contributed by atoms with E-state index in [1.807, 2.05) is 0 Å². The smallest absolute Gasteiger partial charge is 0.323 e. The molecule has 1 rings (SSSR count). The van der Waals surface area contributed by atoms with Crippen LogP contribution in [0.25, 0.3) is 0 Å². The molecule has 0 N–H and O–H groups in total. The summed E-state index contributed by atoms with van der Waals surface area (Å²) in [4.78, 5) is 14.0. The highest BCUT2D eigenvalue weighted by atomic mass is 16.5. The van der Waals surface area contributed by atoms with Gasteiger partial charge in [-0.15, -0.1) is 0 Å². The maximum Gasteiger partial charge on any atom is 0.323 e. The fourth-order valence-electron chi connectivity index (χ4n) is 2.01. The maximum atomic E-state index is 11.8. The summed E-state index contributed by atoms with van der Waals surface area (Å²) in [5.74, 6) is 0.387. The highest BCUT2D eigenvalue weighted by Gasteiger charge is 2.33. The molecule has 0 saturated carbocycles. The van der Waals surface area contributed by atoms with Crippen molar-refractivity contribution in [2.24, 2.45) is 5.92 Å². The van der Waals surface area contributed by atoms with Crippen LogP contribution in [-0.2, 0) is 9.53 Å². The molecule has 3 nitrogen and oxygen atoms in total. The summed E-state index contributed by atoms with van der Waals surface area (Å²) >= 11 is 0. The Hall–Kier alpha value is -0.570. The molecule has 1 heterocycles. The third-order valence-corrected chi connectivity index (χ3v) is 2.79. The van der Waals surface area contributed by atoms with Crippen molar-refractivity contribution in [1.82, 2.24) is 4.90 Å². The molecule has 1 aliphatic heterocycles. The Bertz CT molecular complexity index is 214. The van der Waals surface area contributed by atoms with Crippen molar-refractivity contribution in [2.75, 3.05) is 13.2 Å². The van der Waals surface area contributed by atoms with Crippen LogP contribution in [0.2, 0.25) is 0 Å². The van der Waals surface area contributed by atoms with Gasteiger partial charge in [0.25, 0.3) is 0 Å². The van der Waals surface area contributed by atoms with E-state index in [1.165, 1.54) is 0 Å². The van der Waals surface area contributed by atoms with E-state index in [4.69, 9.17) is 4.74 Å². The first kappa shape index (κ1) is 12.5. The van der Waals surface area contributed by atoms with Crippen LogP contribution in [0.4, 0.5) is 0 Å². The number of hydrogen-bond acceptors (Lipinski definition) is 3. The van der Waals surface area contributed by atoms with E-state index in [0.717, 1.165) is 19.4 Å². The molecule has 0 aromatic rings. The van der Waals surface area contributed by atoms with Crippen molar-refractivity contribution < 1.29 is 9.53 Å². The summed E-state index contributed by atoms with van der Waals surface area (Å²) in [6.45, 7) is 9.95. The number of ether oxygens (including phenoxy) is 1. The average molecular weight is 213 g/mol. The lowest BCUT2D eigenvalue weighted by molar-refractivity contribution is -0.150. The predicted octanol–water partition coefficient (Wildman–Crippen LogP) is 2.06. The Labute approximate surface area is 92.8 Å². The van der Waals surface area contributed by atoms with Crippen LogP contribution in [-0.4, -0.2) is 36.1 Å². The fourth-order valence-corrected chi connectivity index (χ4v) is 2.01. The molecule has 0 aromatic carbocycles. The van der Waals surface area contributed by atoms with Gasteiger partial charge in [0.2, 0.25) is 0 Å². The average Bonchev–Trinajstić information content (AvgIpc) is 2.62. The highest BCUT2D eigenvalue weighted by Crippen LogP contribution is 2.21. The molecule has 1 aliphatic rings. The predicted molar refractivity (Wildman–Crippen MR) is 60.7 cm³/mol. The number of esters is 1. The zero-order valence-corrected chi connectivity index (χ0v) is 10.3. The van der Waals surface area contributed by atoms with Gasteiger partial charge in [0.1, 0.15) is 6.04 Å². The molecule has 1 fully saturated rings. The van der Waals surface area contributed by atoms with Crippen molar-refractivity contribution >= 4 is 5.97 Å². The van der Waals surface area contributed by atoms with Gasteiger partial charge in [0.05, 0.1) is 6.61 Å². The first-order valence-electron chi connectivity index (χ1n) is 5.94. The Morgan fingerprint density at radius 2 is 2.07 bits per heavy atom. The molecule has 0 bridgehead atoms. The number of likely N-dealkylation sites (tertiary alicyclic amines) is 1. The quantitative estimate of drug-likeness (QED) is 0.669. The zero-order valence-electron chi connectivity index (χ0n) is 10.3. The lowest BCUT2D eigenvalue weighted by atomic mass is 10.2. The summed E-state index contributed by atoms with van der Waals surface area (Å²) in [6, 6.07) is 0.438. The maximum absolute atomic E-state index is 11.8. The molecule has 0 aliphatic carbocycles. The number of rotatable bonds is 4. The van der Waals surface area contributed by atoms with Gasteiger partial charge in [0, 0.05) is 6.04 Å². The highest BCUT2D eigenvalue weighted by molar-refractivity contribution is 5.76. The molecule has 0 spiro atoms. The first-order valence-corrected chi connectivity index (χ1v) is 5.94. The zero-order chi connectivity index (χ0) is 11.4. The minimum absolute atomic E-state index is 0.00347. The van der Waals surface area contributed by atoms with Crippen LogP contribution in [0.5, 0.6) is 0 Å². The van der Waals surface area contributed by atoms with Crippen molar-refractivity contribution in [3.63, 3.8) is 0 Å². The van der Waals surface area contributed by atoms with Gasteiger partial charge >= 0.3 is 5.97 Å². The van der Waals surface area contributed by atoms with Crippen LogP contribution in [0.1, 0.15) is 40.5 Å². The van der Waals surface area contributed by atoms with E-state index in [1.54, 1.807) is 0 Å². The second kappa shape index (κ2) is 5.50. The number of nitrogens with zero attached hydrogens (tertiary/aromatic N) is 1. The summed E-state index contributed by atoms with van der Waals surface area (Å²) < 4.78 is 5.29. The van der Waals surface area contributed by atoms with E-state index in [9.17, 15) is 4.79 Å². The van der Waals surface area contributed by atoms with E-state index in [0.29, 0.717) is 18.6 Å². The van der Waals surface area contributed by atoms with Crippen LogP contribution < -0.4 is 0 Å². The monoisotopic (exact) mass is 213 g/mol. The standard InChI is InChI=1S/C12H23NO2/c1-9(2)8-15-12(14)11-6-5-7-13(11)10(3)4/h9-11H,5-8H2,1-4H3. The Morgan fingerprint density at radius 3 is 2.60 bits per heavy atom. The third-order valence-electron chi connectivity index (χ3n) is 2.79. The second-order valence-corrected chi connectivity index (χ2v) is 5.01. The van der Waals surface area contributed by atoms with Crippen molar-refractivity contribution in [2.45, 2.75) is 52.6 Å². The molecular formula is C12H23NO2. The van der Waals surface area contributed by atoms with E-state index >= 15 is 0 Å². The molecule has 3 heteroatoms. The number of carbonyl (C=O) groups excluding carboxylic acids is 1. The Kier molecular flexibility index (Phi) is 4.58. The molecular weight excluding hydrogens is 190 g/mol. The molecule has 1 unspecified atom stereocenters. The topological polar surface area (TPSA) is 29.5 Å². The molecule has 1 saturated heterocycles. The molecule has 0 radical (unpaired) electrons. The van der Waals surface area contributed by atoms with Gasteiger partial charge in [-0.05, 0) is 39.2 Å². The van der Waals surface area contributed by atoms with E-state index in [-0.39, 0.29) is 12.0 Å². The summed E-state index contributed by atoms with van der Waals surface area (Å²) in [7, 11) is 0. The minimum atomic E-state index is -0.0325. The summed E-state index contributed by atoms with van der Waals surface area (Å²) in [6.07, 6.45) is 2.06. The molecule has 0 amide bonds. The number of hydrogen-bond donors (Lipinski definition) is 0. The van der Waals surface area contributed by atoms with Crippen molar-refractivity contribution in [1.29, 1.82) is 0 Å². The Balaban J connectivity index is 2.44. The van der Waals surface area contributed by atoms with Crippen LogP contribution in [0.15, 0.2) is 0 Å². The molecule has 1 atom stereocenters. The third kappa shape index (κ3) is 3.49. The largest absolute Gasteiger partial charge is 0.464 e. The van der Waals surface area contributed by atoms with E-state index in [2.05, 4.69) is 32.6 Å². The summed E-state index contributed by atoms with van der Waals surface area (Å²) in [5.41, 5.74) is 0. The fraction of sp³-hybridized carbons (Fsp3) is 0.917. The van der Waals surface area contributed by atoms with Gasteiger partial charge in [0.15, 0.2) is 0 Å².